The molecule has 2 aliphatic rings. The van der Waals surface area contributed by atoms with Crippen LogP contribution in [0.5, 0.6) is 5.75 Å². The van der Waals surface area contributed by atoms with Crippen molar-refractivity contribution in [3.8, 4) is 5.75 Å². The molecule has 2 N–H and O–H groups in total. The summed E-state index contributed by atoms with van der Waals surface area (Å²) >= 11 is 0. The lowest BCUT2D eigenvalue weighted by molar-refractivity contribution is -0.143. The van der Waals surface area contributed by atoms with E-state index in [1.165, 1.54) is 24.0 Å². The molecule has 1 saturated carbocycles. The average molecular weight is 487 g/mol. The van der Waals surface area contributed by atoms with Gasteiger partial charge in [0.15, 0.2) is 0 Å². The van der Waals surface area contributed by atoms with Crippen molar-refractivity contribution in [1.29, 1.82) is 0 Å². The highest BCUT2D eigenvalue weighted by molar-refractivity contribution is 5.88. The highest BCUT2D eigenvalue weighted by Crippen LogP contribution is 2.39. The van der Waals surface area contributed by atoms with E-state index in [4.69, 9.17) is 4.74 Å². The average Bonchev–Trinajstić information content (AvgIpc) is 3.53. The summed E-state index contributed by atoms with van der Waals surface area (Å²) in [6, 6.07) is 15.7. The van der Waals surface area contributed by atoms with E-state index in [9.17, 15) is 9.59 Å². The number of carbonyl (C=O) groups is 2. The van der Waals surface area contributed by atoms with Crippen LogP contribution in [0.25, 0.3) is 0 Å². The Morgan fingerprint density at radius 3 is 2.61 bits per heavy atom. The smallest absolute Gasteiger partial charge is 0.246 e. The van der Waals surface area contributed by atoms with Gasteiger partial charge in [-0.2, -0.15) is 0 Å². The SMILES string of the molecule is COc1ccc(C[C@@H](NC(=O)CCc2cnc[nH]2)C(=O)N2CC[C@H]2c2ccccc2CC2CC2)cc1. The molecule has 2 fully saturated rings. The first kappa shape index (κ1) is 24.1. The van der Waals surface area contributed by atoms with Crippen molar-refractivity contribution in [1.82, 2.24) is 20.2 Å². The third-order valence-electron chi connectivity index (χ3n) is 7.33. The fourth-order valence-corrected chi connectivity index (χ4v) is 4.99. The van der Waals surface area contributed by atoms with Gasteiger partial charge >= 0.3 is 0 Å². The standard InChI is InChI=1S/C29H34N4O3/c1-36-24-11-8-21(9-12-24)17-26(32-28(34)13-10-23-18-30-19-31-23)29(35)33-15-14-27(33)25-5-3-2-4-22(25)16-20-6-7-20/h2-5,8-9,11-12,18-20,26-27H,6-7,10,13-17H2,1H3,(H,30,31)(H,32,34)/t26-,27+/m1/s1. The number of aromatic nitrogens is 2. The summed E-state index contributed by atoms with van der Waals surface area (Å²) in [5, 5.41) is 3.04. The first-order valence-electron chi connectivity index (χ1n) is 12.9. The van der Waals surface area contributed by atoms with Gasteiger partial charge in [-0.3, -0.25) is 9.59 Å². The first-order chi connectivity index (χ1) is 17.6. The molecule has 3 aromatic rings. The zero-order valence-corrected chi connectivity index (χ0v) is 20.8. The van der Waals surface area contributed by atoms with Gasteiger partial charge in [0.25, 0.3) is 0 Å². The lowest BCUT2D eigenvalue weighted by atomic mass is 9.88. The lowest BCUT2D eigenvalue weighted by Crippen LogP contribution is -2.55. The zero-order valence-electron chi connectivity index (χ0n) is 20.8. The van der Waals surface area contributed by atoms with Gasteiger partial charge in [-0.05, 0) is 66.8 Å². The highest BCUT2D eigenvalue weighted by atomic mass is 16.5. The fraction of sp³-hybridized carbons (Fsp3) is 0.414. The van der Waals surface area contributed by atoms with Crippen LogP contribution in [-0.4, -0.2) is 46.4 Å². The number of hydrogen-bond acceptors (Lipinski definition) is 4. The van der Waals surface area contributed by atoms with E-state index in [1.807, 2.05) is 29.2 Å². The minimum atomic E-state index is -0.619. The summed E-state index contributed by atoms with van der Waals surface area (Å²) in [7, 11) is 1.63. The molecule has 5 rings (SSSR count). The number of rotatable bonds is 11. The molecule has 1 aromatic heterocycles. The van der Waals surface area contributed by atoms with E-state index < -0.39 is 6.04 Å². The minimum absolute atomic E-state index is 0.0156. The van der Waals surface area contributed by atoms with Gasteiger partial charge in [0.05, 0.1) is 19.5 Å². The molecule has 0 unspecified atom stereocenters. The van der Waals surface area contributed by atoms with E-state index >= 15 is 0 Å². The predicted octanol–water partition coefficient (Wildman–Crippen LogP) is 4.00. The number of aromatic amines is 1. The molecule has 36 heavy (non-hydrogen) atoms. The Balaban J connectivity index is 1.31. The summed E-state index contributed by atoms with van der Waals surface area (Å²) in [6.07, 6.45) is 9.26. The van der Waals surface area contributed by atoms with Gasteiger partial charge in [0, 0.05) is 31.3 Å². The monoisotopic (exact) mass is 486 g/mol. The van der Waals surface area contributed by atoms with Gasteiger partial charge in [-0.15, -0.1) is 0 Å². The van der Waals surface area contributed by atoms with Gasteiger partial charge < -0.3 is 19.9 Å². The van der Waals surface area contributed by atoms with Gasteiger partial charge in [-0.25, -0.2) is 4.98 Å². The van der Waals surface area contributed by atoms with Crippen LogP contribution in [0.1, 0.15) is 54.1 Å². The molecule has 7 heteroatoms. The maximum absolute atomic E-state index is 13.8. The van der Waals surface area contributed by atoms with E-state index in [1.54, 1.807) is 19.6 Å². The number of nitrogens with one attached hydrogen (secondary N) is 2. The molecule has 0 bridgehead atoms. The Labute approximate surface area is 212 Å². The maximum atomic E-state index is 13.8. The number of H-pyrrole nitrogens is 1. The minimum Gasteiger partial charge on any atom is -0.497 e. The number of nitrogens with zero attached hydrogens (tertiary/aromatic N) is 2. The number of methoxy groups -OCH3 is 1. The quantitative estimate of drug-likeness (QED) is 0.429. The van der Waals surface area contributed by atoms with Gasteiger partial charge in [0.2, 0.25) is 11.8 Å². The van der Waals surface area contributed by atoms with Crippen LogP contribution in [-0.2, 0) is 28.9 Å². The predicted molar refractivity (Wildman–Crippen MR) is 137 cm³/mol. The maximum Gasteiger partial charge on any atom is 0.246 e. The molecule has 0 spiro atoms. The second-order valence-corrected chi connectivity index (χ2v) is 9.93. The number of benzene rings is 2. The van der Waals surface area contributed by atoms with E-state index in [-0.39, 0.29) is 17.9 Å². The molecular weight excluding hydrogens is 452 g/mol. The molecule has 2 amide bonds. The third kappa shape index (κ3) is 5.78. The molecule has 2 aromatic carbocycles. The van der Waals surface area contributed by atoms with E-state index in [2.05, 4.69) is 39.6 Å². The van der Waals surface area contributed by atoms with Crippen LogP contribution < -0.4 is 10.1 Å². The Hall–Kier alpha value is -3.61. The number of imidazole rings is 1. The molecular formula is C29H34N4O3. The largest absolute Gasteiger partial charge is 0.497 e. The number of aryl methyl sites for hydroxylation is 1. The summed E-state index contributed by atoms with van der Waals surface area (Å²) in [5.41, 5.74) is 4.50. The lowest BCUT2D eigenvalue weighted by Gasteiger charge is -2.44. The van der Waals surface area contributed by atoms with Crippen LogP contribution in [0.3, 0.4) is 0 Å². The number of hydrogen-bond donors (Lipinski definition) is 2. The first-order valence-corrected chi connectivity index (χ1v) is 12.9. The molecule has 1 saturated heterocycles. The summed E-state index contributed by atoms with van der Waals surface area (Å²) in [6.45, 7) is 0.713. The molecule has 1 aliphatic heterocycles. The number of carbonyl (C=O) groups excluding carboxylic acids is 2. The number of ether oxygens (including phenoxy) is 1. The molecule has 1 aliphatic carbocycles. The Bertz CT molecular complexity index is 1170. The van der Waals surface area contributed by atoms with E-state index in [0.29, 0.717) is 25.8 Å². The van der Waals surface area contributed by atoms with Crippen LogP contribution in [0.15, 0.2) is 61.1 Å². The van der Waals surface area contributed by atoms with Gasteiger partial charge in [-0.1, -0.05) is 36.4 Å². The van der Waals surface area contributed by atoms with Crippen molar-refractivity contribution in [2.24, 2.45) is 5.92 Å². The van der Waals surface area contributed by atoms with Crippen LogP contribution in [0.4, 0.5) is 0 Å². The molecule has 2 heterocycles. The second kappa shape index (κ2) is 11.0. The second-order valence-electron chi connectivity index (χ2n) is 9.93. The molecule has 188 valence electrons. The van der Waals surface area contributed by atoms with Crippen molar-refractivity contribution < 1.29 is 14.3 Å². The summed E-state index contributed by atoms with van der Waals surface area (Å²) in [4.78, 5) is 35.7. The highest BCUT2D eigenvalue weighted by Gasteiger charge is 2.38. The summed E-state index contributed by atoms with van der Waals surface area (Å²) in [5.74, 6) is 1.40. The van der Waals surface area contributed by atoms with Crippen molar-refractivity contribution in [2.45, 2.75) is 57.0 Å². The van der Waals surface area contributed by atoms with Crippen LogP contribution >= 0.6 is 0 Å². The molecule has 0 radical (unpaired) electrons. The fourth-order valence-electron chi connectivity index (χ4n) is 4.99. The van der Waals surface area contributed by atoms with Crippen molar-refractivity contribution >= 4 is 11.8 Å². The summed E-state index contributed by atoms with van der Waals surface area (Å²) < 4.78 is 5.27. The van der Waals surface area contributed by atoms with Crippen LogP contribution in [0, 0.1) is 5.92 Å². The Morgan fingerprint density at radius 2 is 1.94 bits per heavy atom. The van der Waals surface area contributed by atoms with Crippen molar-refractivity contribution in [3.05, 3.63) is 83.4 Å². The van der Waals surface area contributed by atoms with Crippen molar-refractivity contribution in [3.63, 3.8) is 0 Å². The third-order valence-corrected chi connectivity index (χ3v) is 7.33. The number of amides is 2. The zero-order chi connectivity index (χ0) is 24.9. The van der Waals surface area contributed by atoms with E-state index in [0.717, 1.165) is 35.8 Å². The topological polar surface area (TPSA) is 87.3 Å². The molecule has 2 atom stereocenters. The van der Waals surface area contributed by atoms with Crippen molar-refractivity contribution in [2.75, 3.05) is 13.7 Å². The Kier molecular flexibility index (Phi) is 7.35. The van der Waals surface area contributed by atoms with Gasteiger partial charge in [0.1, 0.15) is 11.8 Å². The normalized spacial score (nSPS) is 17.8. The number of likely N-dealkylation sites (tertiary alicyclic amines) is 1. The Morgan fingerprint density at radius 1 is 1.14 bits per heavy atom. The molecule has 7 nitrogen and oxygen atoms in total. The van der Waals surface area contributed by atoms with Crippen LogP contribution in [0.2, 0.25) is 0 Å².